The number of halogens is 1. The minimum Gasteiger partial charge on any atom is -0.321 e. The van der Waals surface area contributed by atoms with Crippen molar-refractivity contribution in [2.45, 2.75) is 6.92 Å². The second-order valence-corrected chi connectivity index (χ2v) is 4.89. The van der Waals surface area contributed by atoms with Crippen molar-refractivity contribution in [2.24, 2.45) is 0 Å². The fraction of sp³-hybridized carbons (Fsp3) is 0.0588. The van der Waals surface area contributed by atoms with E-state index < -0.39 is 5.91 Å². The number of aromatic nitrogens is 3. The number of hydrogen-bond acceptors (Lipinski definition) is 4. The normalized spacial score (nSPS) is 10.3. The van der Waals surface area contributed by atoms with Crippen LogP contribution < -0.4 is 5.32 Å². The van der Waals surface area contributed by atoms with Gasteiger partial charge in [-0.3, -0.25) is 14.8 Å². The van der Waals surface area contributed by atoms with E-state index in [-0.39, 0.29) is 11.5 Å². The number of amides is 1. The Bertz CT molecular complexity index is 835. The topological polar surface area (TPSA) is 67.8 Å². The van der Waals surface area contributed by atoms with Crippen LogP contribution in [0, 0.1) is 12.7 Å². The SMILES string of the molecule is Cc1ncc(-c2cccnc2)nc1C(=O)Nc1ccc(F)cc1. The first-order chi connectivity index (χ1) is 11.1. The summed E-state index contributed by atoms with van der Waals surface area (Å²) >= 11 is 0. The lowest BCUT2D eigenvalue weighted by molar-refractivity contribution is 0.102. The lowest BCUT2D eigenvalue weighted by Gasteiger charge is -2.08. The van der Waals surface area contributed by atoms with Crippen LogP contribution in [0.2, 0.25) is 0 Å². The van der Waals surface area contributed by atoms with Crippen molar-refractivity contribution in [3.8, 4) is 11.3 Å². The Morgan fingerprint density at radius 2 is 1.91 bits per heavy atom. The third-order valence-electron chi connectivity index (χ3n) is 3.23. The molecule has 1 aromatic carbocycles. The lowest BCUT2D eigenvalue weighted by Crippen LogP contribution is -2.16. The van der Waals surface area contributed by atoms with E-state index in [1.54, 1.807) is 31.6 Å². The molecule has 1 N–H and O–H groups in total. The van der Waals surface area contributed by atoms with E-state index in [1.807, 2.05) is 6.07 Å². The molecule has 1 amide bonds. The number of nitrogens with zero attached hydrogens (tertiary/aromatic N) is 3. The van der Waals surface area contributed by atoms with E-state index in [0.29, 0.717) is 17.1 Å². The number of rotatable bonds is 3. The number of carbonyl (C=O) groups excluding carboxylic acids is 1. The largest absolute Gasteiger partial charge is 0.321 e. The van der Waals surface area contributed by atoms with Crippen LogP contribution in [0.15, 0.2) is 55.0 Å². The molecular formula is C17H13FN4O. The van der Waals surface area contributed by atoms with Crippen LogP contribution in [0.5, 0.6) is 0 Å². The lowest BCUT2D eigenvalue weighted by atomic mass is 10.2. The molecule has 0 spiro atoms. The zero-order valence-electron chi connectivity index (χ0n) is 12.3. The van der Waals surface area contributed by atoms with Crippen molar-refractivity contribution in [1.29, 1.82) is 0 Å². The van der Waals surface area contributed by atoms with Crippen molar-refractivity contribution in [3.63, 3.8) is 0 Å². The van der Waals surface area contributed by atoms with Crippen LogP contribution in [-0.4, -0.2) is 20.9 Å². The van der Waals surface area contributed by atoms with Gasteiger partial charge in [-0.15, -0.1) is 0 Å². The van der Waals surface area contributed by atoms with Gasteiger partial charge in [0.1, 0.15) is 11.5 Å². The molecule has 3 aromatic rings. The number of aryl methyl sites for hydroxylation is 1. The van der Waals surface area contributed by atoms with Gasteiger partial charge in [0.15, 0.2) is 0 Å². The predicted molar refractivity (Wildman–Crippen MR) is 84.4 cm³/mol. The molecule has 0 bridgehead atoms. The van der Waals surface area contributed by atoms with E-state index >= 15 is 0 Å². The highest BCUT2D eigenvalue weighted by Gasteiger charge is 2.14. The van der Waals surface area contributed by atoms with Gasteiger partial charge in [0.2, 0.25) is 0 Å². The smallest absolute Gasteiger partial charge is 0.276 e. The first kappa shape index (κ1) is 14.8. The summed E-state index contributed by atoms with van der Waals surface area (Å²) in [5.74, 6) is -0.759. The number of anilines is 1. The van der Waals surface area contributed by atoms with Crippen molar-refractivity contribution >= 4 is 11.6 Å². The average molecular weight is 308 g/mol. The number of hydrogen-bond donors (Lipinski definition) is 1. The molecule has 0 fully saturated rings. The van der Waals surface area contributed by atoms with Gasteiger partial charge in [-0.05, 0) is 43.3 Å². The van der Waals surface area contributed by atoms with Gasteiger partial charge in [0, 0.05) is 23.6 Å². The van der Waals surface area contributed by atoms with Crippen LogP contribution in [0.3, 0.4) is 0 Å². The van der Waals surface area contributed by atoms with Gasteiger partial charge in [0.25, 0.3) is 5.91 Å². The quantitative estimate of drug-likeness (QED) is 0.806. The van der Waals surface area contributed by atoms with Crippen molar-refractivity contribution in [1.82, 2.24) is 15.0 Å². The third-order valence-corrected chi connectivity index (χ3v) is 3.23. The van der Waals surface area contributed by atoms with Crippen LogP contribution in [0.25, 0.3) is 11.3 Å². The summed E-state index contributed by atoms with van der Waals surface area (Å²) in [6.45, 7) is 1.71. The van der Waals surface area contributed by atoms with Gasteiger partial charge in [-0.2, -0.15) is 0 Å². The minimum absolute atomic E-state index is 0.218. The summed E-state index contributed by atoms with van der Waals surface area (Å²) in [5.41, 5.74) is 2.56. The molecule has 2 aromatic heterocycles. The molecule has 0 aliphatic rings. The van der Waals surface area contributed by atoms with E-state index in [2.05, 4.69) is 20.3 Å². The highest BCUT2D eigenvalue weighted by molar-refractivity contribution is 6.03. The maximum Gasteiger partial charge on any atom is 0.276 e. The Hall–Kier alpha value is -3.15. The molecule has 114 valence electrons. The fourth-order valence-corrected chi connectivity index (χ4v) is 2.04. The third kappa shape index (κ3) is 3.37. The average Bonchev–Trinajstić information content (AvgIpc) is 2.58. The molecule has 5 nitrogen and oxygen atoms in total. The van der Waals surface area contributed by atoms with Gasteiger partial charge < -0.3 is 5.32 Å². The maximum atomic E-state index is 12.9. The first-order valence-corrected chi connectivity index (χ1v) is 6.94. The maximum absolute atomic E-state index is 12.9. The summed E-state index contributed by atoms with van der Waals surface area (Å²) in [6.07, 6.45) is 4.91. The van der Waals surface area contributed by atoms with Crippen molar-refractivity contribution in [2.75, 3.05) is 5.32 Å². The number of carbonyl (C=O) groups is 1. The molecule has 3 rings (SSSR count). The Balaban J connectivity index is 1.89. The van der Waals surface area contributed by atoms with Gasteiger partial charge in [0.05, 0.1) is 17.6 Å². The van der Waals surface area contributed by atoms with Crippen LogP contribution >= 0.6 is 0 Å². The second kappa shape index (κ2) is 6.31. The molecule has 0 radical (unpaired) electrons. The Labute approximate surface area is 132 Å². The summed E-state index contributed by atoms with van der Waals surface area (Å²) in [6, 6.07) is 9.16. The summed E-state index contributed by atoms with van der Waals surface area (Å²) in [5, 5.41) is 2.68. The monoisotopic (exact) mass is 308 g/mol. The van der Waals surface area contributed by atoms with E-state index in [9.17, 15) is 9.18 Å². The molecule has 6 heteroatoms. The zero-order valence-corrected chi connectivity index (χ0v) is 12.3. The summed E-state index contributed by atoms with van der Waals surface area (Å²) in [7, 11) is 0. The zero-order chi connectivity index (χ0) is 16.2. The van der Waals surface area contributed by atoms with Gasteiger partial charge >= 0.3 is 0 Å². The Morgan fingerprint density at radius 1 is 1.13 bits per heavy atom. The van der Waals surface area contributed by atoms with Crippen molar-refractivity contribution < 1.29 is 9.18 Å². The van der Waals surface area contributed by atoms with Crippen molar-refractivity contribution in [3.05, 3.63) is 72.2 Å². The molecule has 2 heterocycles. The molecule has 0 saturated carbocycles. The fourth-order valence-electron chi connectivity index (χ4n) is 2.04. The molecular weight excluding hydrogens is 295 g/mol. The van der Waals surface area contributed by atoms with Gasteiger partial charge in [-0.1, -0.05) is 0 Å². The molecule has 0 aliphatic carbocycles. The molecule has 23 heavy (non-hydrogen) atoms. The number of pyridine rings is 1. The number of benzene rings is 1. The molecule has 0 saturated heterocycles. The van der Waals surface area contributed by atoms with Crippen LogP contribution in [0.4, 0.5) is 10.1 Å². The minimum atomic E-state index is -0.396. The highest BCUT2D eigenvalue weighted by Crippen LogP contribution is 2.17. The molecule has 0 atom stereocenters. The Kier molecular flexibility index (Phi) is 4.05. The van der Waals surface area contributed by atoms with E-state index in [0.717, 1.165) is 5.56 Å². The standard InChI is InChI=1S/C17H13FN4O/c1-11-16(17(23)21-14-6-4-13(18)5-7-14)22-15(10-20-11)12-3-2-8-19-9-12/h2-10H,1H3,(H,21,23). The summed E-state index contributed by atoms with van der Waals surface area (Å²) in [4.78, 5) is 25.0. The number of nitrogens with one attached hydrogen (secondary N) is 1. The molecule has 0 unspecified atom stereocenters. The van der Waals surface area contributed by atoms with Gasteiger partial charge in [-0.25, -0.2) is 9.37 Å². The predicted octanol–water partition coefficient (Wildman–Crippen LogP) is 3.24. The molecule has 0 aliphatic heterocycles. The Morgan fingerprint density at radius 3 is 2.61 bits per heavy atom. The summed E-state index contributed by atoms with van der Waals surface area (Å²) < 4.78 is 12.9. The van der Waals surface area contributed by atoms with E-state index in [4.69, 9.17) is 0 Å². The van der Waals surface area contributed by atoms with Crippen LogP contribution in [-0.2, 0) is 0 Å². The second-order valence-electron chi connectivity index (χ2n) is 4.89. The van der Waals surface area contributed by atoms with Crippen LogP contribution in [0.1, 0.15) is 16.2 Å². The van der Waals surface area contributed by atoms with E-state index in [1.165, 1.54) is 24.3 Å². The highest BCUT2D eigenvalue weighted by atomic mass is 19.1. The first-order valence-electron chi connectivity index (χ1n) is 6.94.